The molecule has 4 rings (SSSR count). The minimum Gasteiger partial charge on any atom is -0.296 e. The second kappa shape index (κ2) is 8.82. The molecule has 0 atom stereocenters. The minimum atomic E-state index is -0.182. The van der Waals surface area contributed by atoms with Gasteiger partial charge in [-0.05, 0) is 35.4 Å². The first-order chi connectivity index (χ1) is 13.8. The molecule has 4 nitrogen and oxygen atoms in total. The highest BCUT2D eigenvalue weighted by Crippen LogP contribution is 2.26. The Labute approximate surface area is 171 Å². The zero-order chi connectivity index (χ0) is 19.2. The van der Waals surface area contributed by atoms with Gasteiger partial charge in [0.1, 0.15) is 5.01 Å². The molecule has 28 heavy (non-hydrogen) atoms. The van der Waals surface area contributed by atoms with E-state index in [1.165, 1.54) is 16.2 Å². The molecule has 6 heteroatoms. The monoisotopic (exact) mass is 403 g/mol. The zero-order valence-corrected chi connectivity index (χ0v) is 16.5. The van der Waals surface area contributed by atoms with Crippen LogP contribution in [0.5, 0.6) is 0 Å². The van der Waals surface area contributed by atoms with Crippen molar-refractivity contribution in [3.8, 4) is 11.1 Å². The Balaban J connectivity index is 1.36. The van der Waals surface area contributed by atoms with Crippen molar-refractivity contribution in [3.63, 3.8) is 0 Å². The third kappa shape index (κ3) is 4.65. The maximum Gasteiger partial charge on any atom is 0.257 e. The highest BCUT2D eigenvalue weighted by atomic mass is 32.2. The highest BCUT2D eigenvalue weighted by Gasteiger charge is 2.11. The van der Waals surface area contributed by atoms with Gasteiger partial charge in [0.2, 0.25) is 5.13 Å². The summed E-state index contributed by atoms with van der Waals surface area (Å²) < 4.78 is 0. The van der Waals surface area contributed by atoms with Crippen molar-refractivity contribution in [1.82, 2.24) is 10.2 Å². The number of carbonyl (C=O) groups is 1. The quantitative estimate of drug-likeness (QED) is 0.417. The zero-order valence-electron chi connectivity index (χ0n) is 14.9. The van der Waals surface area contributed by atoms with Crippen molar-refractivity contribution in [3.05, 3.63) is 95.5 Å². The van der Waals surface area contributed by atoms with Crippen LogP contribution in [0, 0.1) is 0 Å². The molecular weight excluding hydrogens is 386 g/mol. The topological polar surface area (TPSA) is 54.9 Å². The van der Waals surface area contributed by atoms with Gasteiger partial charge in [0.25, 0.3) is 5.91 Å². The van der Waals surface area contributed by atoms with Crippen LogP contribution in [0.1, 0.15) is 15.4 Å². The van der Waals surface area contributed by atoms with Gasteiger partial charge in [-0.15, -0.1) is 22.0 Å². The smallest absolute Gasteiger partial charge is 0.257 e. The van der Waals surface area contributed by atoms with Gasteiger partial charge in [-0.25, -0.2) is 0 Å². The van der Waals surface area contributed by atoms with Gasteiger partial charge in [0.05, 0.1) is 5.75 Å². The largest absolute Gasteiger partial charge is 0.296 e. The van der Waals surface area contributed by atoms with Crippen molar-refractivity contribution < 1.29 is 4.79 Å². The Kier molecular flexibility index (Phi) is 5.80. The van der Waals surface area contributed by atoms with Crippen molar-refractivity contribution in [2.75, 3.05) is 5.32 Å². The maximum absolute atomic E-state index is 12.5. The van der Waals surface area contributed by atoms with Crippen LogP contribution in [-0.4, -0.2) is 16.1 Å². The maximum atomic E-state index is 12.5. The fourth-order valence-electron chi connectivity index (χ4n) is 2.64. The number of amides is 1. The number of rotatable bonds is 6. The molecule has 4 aromatic rings. The molecule has 0 aliphatic rings. The van der Waals surface area contributed by atoms with E-state index in [-0.39, 0.29) is 5.91 Å². The van der Waals surface area contributed by atoms with E-state index in [4.69, 9.17) is 0 Å². The van der Waals surface area contributed by atoms with E-state index in [2.05, 4.69) is 27.6 Å². The van der Waals surface area contributed by atoms with Gasteiger partial charge in [-0.2, -0.15) is 0 Å². The molecule has 0 saturated carbocycles. The number of thioether (sulfide) groups is 1. The summed E-state index contributed by atoms with van der Waals surface area (Å²) in [5, 5.41) is 12.5. The Morgan fingerprint density at radius 1 is 0.821 bits per heavy atom. The number of hydrogen-bond acceptors (Lipinski definition) is 5. The number of anilines is 1. The van der Waals surface area contributed by atoms with Crippen LogP contribution in [0.2, 0.25) is 0 Å². The van der Waals surface area contributed by atoms with Crippen LogP contribution >= 0.6 is 23.1 Å². The van der Waals surface area contributed by atoms with Gasteiger partial charge in [-0.3, -0.25) is 10.1 Å². The molecule has 0 aliphatic carbocycles. The predicted molar refractivity (Wildman–Crippen MR) is 116 cm³/mol. The standard InChI is InChI=1S/C22H17N3OS2/c26-21(18-13-11-17(12-14-18)16-7-3-1-4-8-16)23-22-25-24-20(28-22)15-27-19-9-5-2-6-10-19/h1-14H,15H2,(H,23,25,26). The molecule has 0 saturated heterocycles. The molecule has 1 amide bonds. The van der Waals surface area contributed by atoms with Crippen LogP contribution in [0.25, 0.3) is 11.1 Å². The summed E-state index contributed by atoms with van der Waals surface area (Å²) in [6, 6.07) is 27.8. The third-order valence-corrected chi connectivity index (χ3v) is 6.09. The number of hydrogen-bond donors (Lipinski definition) is 1. The Hall–Kier alpha value is -2.96. The van der Waals surface area contributed by atoms with Crippen LogP contribution in [-0.2, 0) is 5.75 Å². The van der Waals surface area contributed by atoms with Gasteiger partial charge in [0.15, 0.2) is 0 Å². The molecule has 3 aromatic carbocycles. The molecule has 0 bridgehead atoms. The van der Waals surface area contributed by atoms with E-state index in [9.17, 15) is 4.79 Å². The fourth-order valence-corrected chi connectivity index (χ4v) is 4.28. The van der Waals surface area contributed by atoms with Crippen LogP contribution in [0.4, 0.5) is 5.13 Å². The lowest BCUT2D eigenvalue weighted by atomic mass is 10.0. The molecular formula is C22H17N3OS2. The fraction of sp³-hybridized carbons (Fsp3) is 0.0455. The summed E-state index contributed by atoms with van der Waals surface area (Å²) in [5.41, 5.74) is 2.79. The Morgan fingerprint density at radius 3 is 2.18 bits per heavy atom. The SMILES string of the molecule is O=C(Nc1nnc(CSc2ccccc2)s1)c1ccc(-c2ccccc2)cc1. The Bertz CT molecular complexity index is 1050. The molecule has 0 unspecified atom stereocenters. The normalized spacial score (nSPS) is 10.6. The first-order valence-electron chi connectivity index (χ1n) is 8.75. The first kappa shape index (κ1) is 18.4. The van der Waals surface area contributed by atoms with Gasteiger partial charge < -0.3 is 0 Å². The molecule has 0 spiro atoms. The lowest BCUT2D eigenvalue weighted by Crippen LogP contribution is -2.11. The molecule has 1 aromatic heterocycles. The van der Waals surface area contributed by atoms with E-state index >= 15 is 0 Å². The summed E-state index contributed by atoms with van der Waals surface area (Å²) in [5.74, 6) is 0.543. The number of nitrogens with zero attached hydrogens (tertiary/aromatic N) is 2. The van der Waals surface area contributed by atoms with Crippen molar-refractivity contribution in [2.24, 2.45) is 0 Å². The van der Waals surface area contributed by atoms with E-state index in [1.807, 2.05) is 72.8 Å². The van der Waals surface area contributed by atoms with Crippen LogP contribution < -0.4 is 5.32 Å². The highest BCUT2D eigenvalue weighted by molar-refractivity contribution is 7.98. The van der Waals surface area contributed by atoms with Crippen molar-refractivity contribution in [2.45, 2.75) is 10.6 Å². The van der Waals surface area contributed by atoms with Gasteiger partial charge >= 0.3 is 0 Å². The summed E-state index contributed by atoms with van der Waals surface area (Å²) in [4.78, 5) is 13.7. The molecule has 1 N–H and O–H groups in total. The van der Waals surface area contributed by atoms with E-state index < -0.39 is 0 Å². The summed E-state index contributed by atoms with van der Waals surface area (Å²) in [6.07, 6.45) is 0. The van der Waals surface area contributed by atoms with E-state index in [0.717, 1.165) is 21.9 Å². The molecule has 0 fully saturated rings. The summed E-state index contributed by atoms with van der Waals surface area (Å²) in [6.45, 7) is 0. The molecule has 138 valence electrons. The average molecular weight is 404 g/mol. The first-order valence-corrected chi connectivity index (χ1v) is 10.6. The van der Waals surface area contributed by atoms with Gasteiger partial charge in [0, 0.05) is 10.5 Å². The summed E-state index contributed by atoms with van der Waals surface area (Å²) in [7, 11) is 0. The average Bonchev–Trinajstić information content (AvgIpc) is 3.21. The number of carbonyl (C=O) groups excluding carboxylic acids is 1. The number of nitrogens with one attached hydrogen (secondary N) is 1. The summed E-state index contributed by atoms with van der Waals surface area (Å²) >= 11 is 3.10. The molecule has 0 radical (unpaired) electrons. The Morgan fingerprint density at radius 2 is 1.46 bits per heavy atom. The number of benzene rings is 3. The molecule has 0 aliphatic heterocycles. The third-order valence-electron chi connectivity index (χ3n) is 4.05. The minimum absolute atomic E-state index is 0.182. The second-order valence-electron chi connectivity index (χ2n) is 6.00. The molecule has 1 heterocycles. The van der Waals surface area contributed by atoms with E-state index in [1.54, 1.807) is 11.8 Å². The van der Waals surface area contributed by atoms with E-state index in [0.29, 0.717) is 10.7 Å². The van der Waals surface area contributed by atoms with Gasteiger partial charge in [-0.1, -0.05) is 72.0 Å². The predicted octanol–water partition coefficient (Wildman–Crippen LogP) is 5.75. The van der Waals surface area contributed by atoms with Crippen molar-refractivity contribution >= 4 is 34.1 Å². The number of aromatic nitrogens is 2. The van der Waals surface area contributed by atoms with Crippen LogP contribution in [0.3, 0.4) is 0 Å². The van der Waals surface area contributed by atoms with Crippen molar-refractivity contribution in [1.29, 1.82) is 0 Å². The van der Waals surface area contributed by atoms with Crippen LogP contribution in [0.15, 0.2) is 89.8 Å². The second-order valence-corrected chi connectivity index (χ2v) is 8.11. The lowest BCUT2D eigenvalue weighted by molar-refractivity contribution is 0.102. The lowest BCUT2D eigenvalue weighted by Gasteiger charge is -2.04.